The Morgan fingerprint density at radius 2 is 1.05 bits per heavy atom. The van der Waals surface area contributed by atoms with Crippen molar-refractivity contribution >= 4 is 34.5 Å². The highest BCUT2D eigenvalue weighted by atomic mass is 28.4. The van der Waals surface area contributed by atoms with Crippen LogP contribution in [0.15, 0.2) is 66.3 Å². The van der Waals surface area contributed by atoms with E-state index in [1.165, 1.54) is 13.2 Å². The van der Waals surface area contributed by atoms with Crippen LogP contribution in [0.25, 0.3) is 6.08 Å². The number of ether oxygens (including phenoxy) is 1. The molecule has 0 bridgehead atoms. The van der Waals surface area contributed by atoms with Crippen LogP contribution in [-0.2, 0) is 9.53 Å². The summed E-state index contributed by atoms with van der Waals surface area (Å²) in [7, 11) is -3.43. The molecular weight excluding hydrogens is 581 g/mol. The van der Waals surface area contributed by atoms with Gasteiger partial charge in [0.1, 0.15) is 17.1 Å². The first-order chi connectivity index (χ1) is 20.5. The van der Waals surface area contributed by atoms with Gasteiger partial charge >= 0.3 is 5.97 Å². The van der Waals surface area contributed by atoms with E-state index in [2.05, 4.69) is 83.1 Å². The molecule has 44 heavy (non-hydrogen) atoms. The summed E-state index contributed by atoms with van der Waals surface area (Å²) in [5, 5.41) is 0. The molecule has 0 N–H and O–H groups in total. The van der Waals surface area contributed by atoms with Gasteiger partial charge < -0.3 is 13.6 Å². The van der Waals surface area contributed by atoms with E-state index < -0.39 is 28.4 Å². The molecule has 7 heteroatoms. The summed E-state index contributed by atoms with van der Waals surface area (Å²) in [6.07, 6.45) is 5.09. The zero-order valence-electron chi connectivity index (χ0n) is 29.4. The number of ketones is 1. The Hall–Kier alpha value is -2.91. The molecule has 0 aromatic heterocycles. The van der Waals surface area contributed by atoms with Crippen molar-refractivity contribution in [3.8, 4) is 11.5 Å². The predicted octanol–water partition coefficient (Wildman–Crippen LogP) is 10.8. The van der Waals surface area contributed by atoms with E-state index >= 15 is 0 Å². The fourth-order valence-electron chi connectivity index (χ4n) is 7.26. The van der Waals surface area contributed by atoms with Crippen LogP contribution < -0.4 is 8.85 Å². The van der Waals surface area contributed by atoms with E-state index in [-0.39, 0.29) is 5.57 Å². The molecule has 0 aliphatic heterocycles. The van der Waals surface area contributed by atoms with Crippen molar-refractivity contribution in [1.29, 1.82) is 0 Å². The van der Waals surface area contributed by atoms with Crippen molar-refractivity contribution in [2.24, 2.45) is 0 Å². The van der Waals surface area contributed by atoms with Gasteiger partial charge in [-0.05, 0) is 57.0 Å². The van der Waals surface area contributed by atoms with Crippen LogP contribution in [0, 0.1) is 0 Å². The van der Waals surface area contributed by atoms with Gasteiger partial charge in [0.2, 0.25) is 5.78 Å². The van der Waals surface area contributed by atoms with Crippen molar-refractivity contribution < 1.29 is 23.2 Å². The number of benzene rings is 2. The quantitative estimate of drug-likeness (QED) is 0.0370. The van der Waals surface area contributed by atoms with Gasteiger partial charge in [0.25, 0.3) is 16.6 Å². The summed E-state index contributed by atoms with van der Waals surface area (Å²) in [6.45, 7) is 26.9. The van der Waals surface area contributed by atoms with Gasteiger partial charge in [-0.2, -0.15) is 0 Å². The van der Waals surface area contributed by atoms with Crippen molar-refractivity contribution in [3.63, 3.8) is 0 Å². The fraction of sp³-hybridized carbons (Fsp3) is 0.514. The third kappa shape index (κ3) is 8.22. The molecule has 0 fully saturated rings. The molecule has 5 nitrogen and oxygen atoms in total. The highest BCUT2D eigenvalue weighted by Crippen LogP contribution is 2.46. The van der Waals surface area contributed by atoms with Crippen LogP contribution in [0.1, 0.15) is 99.0 Å². The third-order valence-electron chi connectivity index (χ3n) is 9.15. The molecule has 0 atom stereocenters. The molecule has 0 saturated carbocycles. The van der Waals surface area contributed by atoms with Crippen molar-refractivity contribution in [2.75, 3.05) is 7.11 Å². The van der Waals surface area contributed by atoms with Crippen LogP contribution in [-0.4, -0.2) is 35.5 Å². The van der Waals surface area contributed by atoms with Crippen LogP contribution in [0.3, 0.4) is 0 Å². The van der Waals surface area contributed by atoms with Gasteiger partial charge in [-0.3, -0.25) is 4.79 Å². The Kier molecular flexibility index (Phi) is 13.5. The second-order valence-electron chi connectivity index (χ2n) is 13.7. The summed E-state index contributed by atoms with van der Waals surface area (Å²) in [5.74, 6) is 0.127. The molecule has 0 saturated heterocycles. The molecule has 0 unspecified atom stereocenters. The Balaban J connectivity index is 2.80. The minimum absolute atomic E-state index is 0.0528. The van der Waals surface area contributed by atoms with E-state index in [1.54, 1.807) is 18.2 Å². The Morgan fingerprint density at radius 1 is 0.636 bits per heavy atom. The van der Waals surface area contributed by atoms with Gasteiger partial charge in [-0.1, -0.05) is 126 Å². The Morgan fingerprint density at radius 3 is 1.41 bits per heavy atom. The molecule has 2 aromatic carbocycles. The van der Waals surface area contributed by atoms with Gasteiger partial charge in [0.05, 0.1) is 7.11 Å². The summed E-state index contributed by atoms with van der Waals surface area (Å²) < 4.78 is 19.2. The van der Waals surface area contributed by atoms with Crippen LogP contribution in [0.5, 0.6) is 11.5 Å². The third-order valence-corrected chi connectivity index (χ3v) is 21.2. The average molecular weight is 637 g/mol. The van der Waals surface area contributed by atoms with Crippen LogP contribution >= 0.6 is 0 Å². The maximum absolute atomic E-state index is 14.1. The molecule has 0 aliphatic rings. The van der Waals surface area contributed by atoms with Crippen molar-refractivity contribution in [1.82, 2.24) is 0 Å². The molecule has 0 radical (unpaired) electrons. The lowest BCUT2D eigenvalue weighted by atomic mass is 10.0. The SMILES string of the molecule is COC(=O)/C(=C/C=C/c1ccccc1)C(=O)c1cc(O[Si](C(C)C)(C(C)C)C(C)C)cc(O[Si](C(C)C)(C(C)C)C(C)C)c1. The lowest BCUT2D eigenvalue weighted by Gasteiger charge is -2.43. The van der Waals surface area contributed by atoms with E-state index in [1.807, 2.05) is 42.5 Å². The fourth-order valence-corrected chi connectivity index (χ4v) is 17.7. The normalized spacial score (nSPS) is 13.2. The number of carbonyl (C=O) groups is 2. The van der Waals surface area contributed by atoms with Crippen molar-refractivity contribution in [3.05, 3.63) is 77.4 Å². The largest absolute Gasteiger partial charge is 0.543 e. The van der Waals surface area contributed by atoms with E-state index in [0.717, 1.165) is 5.56 Å². The van der Waals surface area contributed by atoms with Gasteiger partial charge in [-0.15, -0.1) is 0 Å². The number of allylic oxidation sites excluding steroid dienone is 2. The molecular formula is C37H56O5Si2. The summed E-state index contributed by atoms with van der Waals surface area (Å²) in [5.41, 5.74) is 3.31. The van der Waals surface area contributed by atoms with Gasteiger partial charge in [-0.25, -0.2) is 4.79 Å². The average Bonchev–Trinajstić information content (AvgIpc) is 2.95. The smallest absolute Gasteiger partial charge is 0.341 e. The minimum atomic E-state index is -2.36. The van der Waals surface area contributed by atoms with Crippen LogP contribution in [0.4, 0.5) is 0 Å². The lowest BCUT2D eigenvalue weighted by Crippen LogP contribution is -2.51. The molecule has 2 aromatic rings. The molecule has 0 spiro atoms. The summed E-state index contributed by atoms with van der Waals surface area (Å²) >= 11 is 0. The number of hydrogen-bond acceptors (Lipinski definition) is 5. The number of esters is 1. The molecule has 2 rings (SSSR count). The maximum atomic E-state index is 14.1. The topological polar surface area (TPSA) is 61.8 Å². The van der Waals surface area contributed by atoms with Crippen molar-refractivity contribution in [2.45, 2.75) is 116 Å². The second-order valence-corrected chi connectivity index (χ2v) is 24.5. The van der Waals surface area contributed by atoms with Gasteiger partial charge in [0, 0.05) is 11.6 Å². The molecule has 0 heterocycles. The standard InChI is InChI=1S/C37H56O5Si2/c1-25(2)43(26(3)4,27(5)6)41-33-22-32(23-34(24-33)42-44(28(7)8,29(9)10)30(11)12)36(38)35(37(39)40-13)21-17-20-31-18-15-14-16-19-31/h14-30H,1-13H3/b20-17+,35-21+. The zero-order chi connectivity index (χ0) is 33.4. The zero-order valence-corrected chi connectivity index (χ0v) is 31.4. The van der Waals surface area contributed by atoms with E-state index in [9.17, 15) is 9.59 Å². The van der Waals surface area contributed by atoms with E-state index in [0.29, 0.717) is 50.3 Å². The molecule has 0 aliphatic carbocycles. The number of Topliss-reactive ketones (excluding diaryl/α,β-unsaturated/α-hetero) is 1. The minimum Gasteiger partial charge on any atom is -0.543 e. The number of rotatable bonds is 15. The maximum Gasteiger partial charge on any atom is 0.341 e. The molecule has 242 valence electrons. The van der Waals surface area contributed by atoms with Crippen LogP contribution in [0.2, 0.25) is 33.2 Å². The Bertz CT molecular complexity index is 1210. The predicted molar refractivity (Wildman–Crippen MR) is 190 cm³/mol. The molecule has 0 amide bonds. The first-order valence-electron chi connectivity index (χ1n) is 16.1. The highest BCUT2D eigenvalue weighted by molar-refractivity contribution is 6.78. The first-order valence-corrected chi connectivity index (χ1v) is 20.4. The number of carbonyl (C=O) groups excluding carboxylic acids is 2. The second kappa shape index (κ2) is 15.9. The Labute approximate surface area is 269 Å². The number of methoxy groups -OCH3 is 1. The summed E-state index contributed by atoms with van der Waals surface area (Å²) in [6, 6.07) is 15.3. The first kappa shape index (κ1) is 37.3. The lowest BCUT2D eigenvalue weighted by molar-refractivity contribution is -0.135. The summed E-state index contributed by atoms with van der Waals surface area (Å²) in [4.78, 5) is 27.1. The monoisotopic (exact) mass is 636 g/mol. The van der Waals surface area contributed by atoms with Gasteiger partial charge in [0.15, 0.2) is 0 Å². The van der Waals surface area contributed by atoms with E-state index in [4.69, 9.17) is 13.6 Å². The number of hydrogen-bond donors (Lipinski definition) is 0. The highest BCUT2D eigenvalue weighted by Gasteiger charge is 2.48.